The maximum absolute atomic E-state index is 12.6. The highest BCUT2D eigenvalue weighted by Crippen LogP contribution is 2.40. The van der Waals surface area contributed by atoms with Crippen LogP contribution in [0.15, 0.2) is 28.9 Å². The average Bonchev–Trinajstić information content (AvgIpc) is 2.94. The van der Waals surface area contributed by atoms with Crippen LogP contribution < -0.4 is 0 Å². The Morgan fingerprint density at radius 2 is 1.97 bits per heavy atom. The minimum Gasteiger partial charge on any atom is -0.507 e. The van der Waals surface area contributed by atoms with Gasteiger partial charge in [-0.3, -0.25) is 0 Å². The highest BCUT2D eigenvalue weighted by molar-refractivity contribution is 7.92. The molecule has 31 heavy (non-hydrogen) atoms. The fourth-order valence-corrected chi connectivity index (χ4v) is 6.90. The third-order valence-electron chi connectivity index (χ3n) is 6.15. The molecule has 2 N–H and O–H groups in total. The normalized spacial score (nSPS) is 23.4. The van der Waals surface area contributed by atoms with E-state index < -0.39 is 28.3 Å². The molecule has 0 unspecified atom stereocenters. The fourth-order valence-electron chi connectivity index (χ4n) is 4.80. The van der Waals surface area contributed by atoms with E-state index in [2.05, 4.69) is 13.0 Å². The molecular formula is C23H33BO6S. The van der Waals surface area contributed by atoms with Gasteiger partial charge in [0, 0.05) is 13.4 Å². The maximum atomic E-state index is 12.6. The number of fused-ring (bicyclic) bond motifs is 1. The first-order valence-corrected chi connectivity index (χ1v) is 12.6. The van der Waals surface area contributed by atoms with E-state index in [4.69, 9.17) is 9.39 Å². The summed E-state index contributed by atoms with van der Waals surface area (Å²) < 4.78 is 36.4. The number of phenols is 1. The summed E-state index contributed by atoms with van der Waals surface area (Å²) in [6.07, 6.45) is 5.05. The molecular weight excluding hydrogens is 415 g/mol. The Kier molecular flexibility index (Phi) is 7.68. The van der Waals surface area contributed by atoms with Gasteiger partial charge in [-0.25, -0.2) is 8.42 Å². The van der Waals surface area contributed by atoms with Crippen LogP contribution in [0.4, 0.5) is 0 Å². The lowest BCUT2D eigenvalue weighted by Gasteiger charge is -2.32. The molecule has 1 aromatic carbocycles. The van der Waals surface area contributed by atoms with Crippen molar-refractivity contribution in [3.05, 3.63) is 45.5 Å². The van der Waals surface area contributed by atoms with Crippen LogP contribution in [0.25, 0.3) is 6.08 Å². The van der Waals surface area contributed by atoms with Crippen molar-refractivity contribution >= 4 is 23.0 Å². The predicted octanol–water partition coefficient (Wildman–Crippen LogP) is 3.59. The second kappa shape index (κ2) is 9.90. The fraction of sp³-hybridized carbons (Fsp3) is 0.565. The van der Waals surface area contributed by atoms with Gasteiger partial charge in [0.1, 0.15) is 5.75 Å². The molecule has 0 saturated carbocycles. The number of sulfone groups is 1. The zero-order chi connectivity index (χ0) is 22.8. The highest BCUT2D eigenvalue weighted by atomic mass is 32.2. The number of rotatable bonds is 8. The molecule has 0 aromatic heterocycles. The van der Waals surface area contributed by atoms with Gasteiger partial charge in [0.05, 0.1) is 23.7 Å². The number of hydrogen-bond acceptors (Lipinski definition) is 6. The molecule has 3 rings (SSSR count). The van der Waals surface area contributed by atoms with Gasteiger partial charge in [-0.1, -0.05) is 25.0 Å². The van der Waals surface area contributed by atoms with Crippen LogP contribution in [0, 0.1) is 13.8 Å². The van der Waals surface area contributed by atoms with Gasteiger partial charge in [0.25, 0.3) is 0 Å². The molecule has 0 bridgehead atoms. The van der Waals surface area contributed by atoms with E-state index in [0.29, 0.717) is 12.2 Å². The number of aromatic hydroxyl groups is 1. The minimum absolute atomic E-state index is 0.0167. The third-order valence-corrected chi connectivity index (χ3v) is 8.21. The molecule has 2 aliphatic rings. The van der Waals surface area contributed by atoms with Crippen LogP contribution in [-0.4, -0.2) is 56.5 Å². The first-order valence-electron chi connectivity index (χ1n) is 10.9. The van der Waals surface area contributed by atoms with Crippen molar-refractivity contribution < 1.29 is 27.9 Å². The van der Waals surface area contributed by atoms with Crippen molar-refractivity contribution in [2.75, 3.05) is 19.5 Å². The molecule has 0 radical (unpaired) electrons. The molecule has 0 aliphatic carbocycles. The molecule has 2 aliphatic heterocycles. The van der Waals surface area contributed by atoms with E-state index in [0.717, 1.165) is 47.1 Å². The summed E-state index contributed by atoms with van der Waals surface area (Å²) >= 11 is 0. The summed E-state index contributed by atoms with van der Waals surface area (Å²) in [6, 6.07) is 3.94. The van der Waals surface area contributed by atoms with Crippen molar-refractivity contribution in [2.45, 2.75) is 64.1 Å². The van der Waals surface area contributed by atoms with Gasteiger partial charge in [-0.15, -0.1) is 0 Å². The second-order valence-electron chi connectivity index (χ2n) is 8.70. The maximum Gasteiger partial charge on any atom is 0.456 e. The highest BCUT2D eigenvalue weighted by Gasteiger charge is 2.48. The van der Waals surface area contributed by atoms with Gasteiger partial charge < -0.3 is 19.5 Å². The van der Waals surface area contributed by atoms with E-state index >= 15 is 0 Å². The standard InChI is InChI=1S/C23H33BO6S/c1-5-6-17(11-18-9-15(2)23(25)16(3)10-18)7-8-20-22-19(13-29-4)14-31(27,28)21(22)12-24(26)30-20/h9-11,20-21,25-26H,5-8,12-14H2,1-4H3/b17-11+/t20-,21+/m1/s1. The van der Waals surface area contributed by atoms with Crippen LogP contribution in [0.5, 0.6) is 5.75 Å². The van der Waals surface area contributed by atoms with Gasteiger partial charge >= 0.3 is 7.12 Å². The van der Waals surface area contributed by atoms with Crippen LogP contribution >= 0.6 is 0 Å². The molecule has 6 nitrogen and oxygen atoms in total. The van der Waals surface area contributed by atoms with Gasteiger partial charge in [0.15, 0.2) is 9.84 Å². The summed E-state index contributed by atoms with van der Waals surface area (Å²) in [6.45, 7) is 6.17. The monoisotopic (exact) mass is 448 g/mol. The lowest BCUT2D eigenvalue weighted by molar-refractivity contribution is 0.166. The van der Waals surface area contributed by atoms with Gasteiger partial charge in [0.2, 0.25) is 0 Å². The summed E-state index contributed by atoms with van der Waals surface area (Å²) in [7, 11) is -2.84. The van der Waals surface area contributed by atoms with Crippen molar-refractivity contribution in [3.8, 4) is 5.75 Å². The van der Waals surface area contributed by atoms with Crippen LogP contribution in [0.3, 0.4) is 0 Å². The topological polar surface area (TPSA) is 93.1 Å². The molecule has 0 spiro atoms. The van der Waals surface area contributed by atoms with E-state index in [1.165, 1.54) is 5.57 Å². The zero-order valence-corrected chi connectivity index (χ0v) is 19.7. The Labute approximate surface area is 186 Å². The van der Waals surface area contributed by atoms with Crippen LogP contribution in [0.1, 0.15) is 49.3 Å². The summed E-state index contributed by atoms with van der Waals surface area (Å²) in [5.74, 6) is 0.307. The van der Waals surface area contributed by atoms with Crippen molar-refractivity contribution in [2.24, 2.45) is 0 Å². The zero-order valence-electron chi connectivity index (χ0n) is 18.8. The lowest BCUT2D eigenvalue weighted by Crippen LogP contribution is -2.42. The smallest absolute Gasteiger partial charge is 0.456 e. The third kappa shape index (κ3) is 5.42. The predicted molar refractivity (Wildman–Crippen MR) is 124 cm³/mol. The van der Waals surface area contributed by atoms with Crippen LogP contribution in [0.2, 0.25) is 6.32 Å². The van der Waals surface area contributed by atoms with E-state index in [9.17, 15) is 18.5 Å². The average molecular weight is 448 g/mol. The summed E-state index contributed by atoms with van der Waals surface area (Å²) in [4.78, 5) is 0. The molecule has 1 saturated heterocycles. The molecule has 1 fully saturated rings. The molecule has 2 heterocycles. The van der Waals surface area contributed by atoms with E-state index in [-0.39, 0.29) is 18.7 Å². The number of aryl methyl sites for hydroxylation is 2. The Bertz CT molecular complexity index is 959. The molecule has 2 atom stereocenters. The molecule has 1 aromatic rings. The minimum atomic E-state index is -3.33. The number of hydrogen-bond donors (Lipinski definition) is 2. The lowest BCUT2D eigenvalue weighted by atomic mass is 9.74. The molecule has 170 valence electrons. The van der Waals surface area contributed by atoms with Gasteiger partial charge in [-0.05, 0) is 73.1 Å². The number of methoxy groups -OCH3 is 1. The number of phenolic OH excluding ortho intramolecular Hbond substituents is 1. The summed E-state index contributed by atoms with van der Waals surface area (Å²) in [5.41, 5.74) is 5.53. The summed E-state index contributed by atoms with van der Waals surface area (Å²) in [5, 5.41) is 19.6. The largest absolute Gasteiger partial charge is 0.507 e. The SMILES string of the molecule is CCC/C(=C\c1cc(C)c(O)c(C)c1)CC[C@H]1OB(O)C[C@H]2C1=C(COC)CS2(=O)=O. The van der Waals surface area contributed by atoms with E-state index in [1.54, 1.807) is 7.11 Å². The first kappa shape index (κ1) is 24.0. The number of benzene rings is 1. The van der Waals surface area contributed by atoms with Crippen molar-refractivity contribution in [1.82, 2.24) is 0 Å². The quantitative estimate of drug-likeness (QED) is 0.467. The van der Waals surface area contributed by atoms with Crippen LogP contribution in [-0.2, 0) is 19.2 Å². The Balaban J connectivity index is 1.84. The second-order valence-corrected chi connectivity index (χ2v) is 10.9. The number of allylic oxidation sites excluding steroid dienone is 1. The Morgan fingerprint density at radius 1 is 1.29 bits per heavy atom. The number of ether oxygens (including phenoxy) is 1. The van der Waals surface area contributed by atoms with Crippen molar-refractivity contribution in [3.63, 3.8) is 0 Å². The van der Waals surface area contributed by atoms with Gasteiger partial charge in [-0.2, -0.15) is 0 Å². The first-order chi connectivity index (χ1) is 14.7. The molecule has 8 heteroatoms. The molecule has 0 amide bonds. The Hall–Kier alpha value is -1.61. The Morgan fingerprint density at radius 3 is 2.58 bits per heavy atom. The van der Waals surface area contributed by atoms with E-state index in [1.807, 2.05) is 26.0 Å². The van der Waals surface area contributed by atoms with Crippen molar-refractivity contribution in [1.29, 1.82) is 0 Å².